The summed E-state index contributed by atoms with van der Waals surface area (Å²) in [4.78, 5) is 2.56. The minimum absolute atomic E-state index is 0.657. The minimum atomic E-state index is 0.657. The molecule has 1 aliphatic heterocycles. The molecule has 0 radical (unpaired) electrons. The molecule has 0 atom stereocenters. The van der Waals surface area contributed by atoms with Crippen molar-refractivity contribution >= 4 is 5.69 Å². The summed E-state index contributed by atoms with van der Waals surface area (Å²) < 4.78 is 0. The Bertz CT molecular complexity index is 373. The Balaban J connectivity index is 1.99. The largest absolute Gasteiger partial charge is 0.371 e. The van der Waals surface area contributed by atoms with Crippen LogP contribution in [0.15, 0.2) is 18.2 Å². The van der Waals surface area contributed by atoms with E-state index in [4.69, 9.17) is 5.73 Å². The summed E-state index contributed by atoms with van der Waals surface area (Å²) in [6.45, 7) is 5.37. The van der Waals surface area contributed by atoms with E-state index in [-0.39, 0.29) is 0 Å². The summed E-state index contributed by atoms with van der Waals surface area (Å²) in [6, 6.07) is 6.76. The molecule has 0 unspecified atom stereocenters. The molecule has 2 nitrogen and oxygen atoms in total. The van der Waals surface area contributed by atoms with E-state index in [9.17, 15) is 0 Å². The Morgan fingerprint density at radius 1 is 1.22 bits per heavy atom. The second-order valence-electron chi connectivity index (χ2n) is 5.32. The highest BCUT2D eigenvalue weighted by atomic mass is 15.1. The maximum absolute atomic E-state index is 5.72. The average molecular weight is 246 g/mol. The fourth-order valence-corrected chi connectivity index (χ4v) is 2.82. The smallest absolute Gasteiger partial charge is 0.0398 e. The van der Waals surface area contributed by atoms with E-state index in [1.165, 1.54) is 68.4 Å². The third kappa shape index (κ3) is 3.26. The predicted molar refractivity (Wildman–Crippen MR) is 79.0 cm³/mol. The topological polar surface area (TPSA) is 29.3 Å². The van der Waals surface area contributed by atoms with Gasteiger partial charge in [0, 0.05) is 25.3 Å². The van der Waals surface area contributed by atoms with E-state index in [0.717, 1.165) is 0 Å². The van der Waals surface area contributed by atoms with Crippen molar-refractivity contribution in [1.29, 1.82) is 0 Å². The van der Waals surface area contributed by atoms with Crippen molar-refractivity contribution in [3.05, 3.63) is 29.3 Å². The molecule has 0 aliphatic carbocycles. The lowest BCUT2D eigenvalue weighted by atomic mass is 9.99. The highest BCUT2D eigenvalue weighted by Crippen LogP contribution is 2.28. The molecule has 18 heavy (non-hydrogen) atoms. The molecule has 0 bridgehead atoms. The lowest BCUT2D eigenvalue weighted by Crippen LogP contribution is -2.30. The van der Waals surface area contributed by atoms with Gasteiger partial charge < -0.3 is 10.6 Å². The zero-order valence-corrected chi connectivity index (χ0v) is 11.6. The molecule has 0 aromatic heterocycles. The number of nitrogens with zero attached hydrogens (tertiary/aromatic N) is 1. The van der Waals surface area contributed by atoms with E-state index < -0.39 is 0 Å². The van der Waals surface area contributed by atoms with Crippen LogP contribution in [0, 0.1) is 0 Å². The monoisotopic (exact) mass is 246 g/mol. The van der Waals surface area contributed by atoms with Gasteiger partial charge in [0.1, 0.15) is 0 Å². The van der Waals surface area contributed by atoms with E-state index in [0.29, 0.717) is 6.54 Å². The molecule has 2 rings (SSSR count). The molecule has 0 saturated heterocycles. The van der Waals surface area contributed by atoms with Gasteiger partial charge in [-0.05, 0) is 36.5 Å². The number of nitrogens with two attached hydrogens (primary N) is 1. The summed E-state index contributed by atoms with van der Waals surface area (Å²) in [5, 5.41) is 0. The molecule has 100 valence electrons. The summed E-state index contributed by atoms with van der Waals surface area (Å²) in [6.07, 6.45) is 7.88. The van der Waals surface area contributed by atoms with Crippen LogP contribution in [0.5, 0.6) is 0 Å². The summed E-state index contributed by atoms with van der Waals surface area (Å²) in [5.41, 5.74) is 9.94. The van der Waals surface area contributed by atoms with Gasteiger partial charge >= 0.3 is 0 Å². The Morgan fingerprint density at radius 3 is 2.89 bits per heavy atom. The van der Waals surface area contributed by atoms with Crippen molar-refractivity contribution in [2.75, 3.05) is 18.0 Å². The van der Waals surface area contributed by atoms with Crippen LogP contribution in [0.2, 0.25) is 0 Å². The van der Waals surface area contributed by atoms with Crippen molar-refractivity contribution in [3.8, 4) is 0 Å². The van der Waals surface area contributed by atoms with Crippen LogP contribution in [0.1, 0.15) is 50.2 Å². The van der Waals surface area contributed by atoms with Gasteiger partial charge in [-0.3, -0.25) is 0 Å². The van der Waals surface area contributed by atoms with E-state index in [2.05, 4.69) is 30.0 Å². The first-order valence-electron chi connectivity index (χ1n) is 7.42. The first-order valence-corrected chi connectivity index (χ1v) is 7.42. The first-order chi connectivity index (χ1) is 8.85. The van der Waals surface area contributed by atoms with Gasteiger partial charge in [0.05, 0.1) is 0 Å². The van der Waals surface area contributed by atoms with Crippen molar-refractivity contribution in [1.82, 2.24) is 0 Å². The predicted octanol–water partition coefficient (Wildman–Crippen LogP) is 3.48. The molecule has 0 fully saturated rings. The van der Waals surface area contributed by atoms with E-state index >= 15 is 0 Å². The maximum Gasteiger partial charge on any atom is 0.0398 e. The highest BCUT2D eigenvalue weighted by molar-refractivity contribution is 5.56. The normalized spacial score (nSPS) is 14.7. The third-order valence-electron chi connectivity index (χ3n) is 3.88. The first kappa shape index (κ1) is 13.4. The fourth-order valence-electron chi connectivity index (χ4n) is 2.82. The second-order valence-corrected chi connectivity index (χ2v) is 5.32. The Hall–Kier alpha value is -1.02. The maximum atomic E-state index is 5.72. The number of aryl methyl sites for hydroxylation is 1. The van der Waals surface area contributed by atoms with Crippen LogP contribution in [-0.4, -0.2) is 13.1 Å². The van der Waals surface area contributed by atoms with Crippen molar-refractivity contribution < 1.29 is 0 Å². The molecule has 1 aromatic rings. The SMILES string of the molecule is CCCCCCN1CCCc2cc(CN)ccc21. The van der Waals surface area contributed by atoms with Gasteiger partial charge in [0.2, 0.25) is 0 Å². The minimum Gasteiger partial charge on any atom is -0.371 e. The van der Waals surface area contributed by atoms with Crippen LogP contribution in [0.25, 0.3) is 0 Å². The Labute approximate surface area is 111 Å². The van der Waals surface area contributed by atoms with E-state index in [1.54, 1.807) is 0 Å². The number of fused-ring (bicyclic) bond motifs is 1. The lowest BCUT2D eigenvalue weighted by Gasteiger charge is -2.31. The number of hydrogen-bond acceptors (Lipinski definition) is 2. The molecule has 1 heterocycles. The molecule has 1 aromatic carbocycles. The van der Waals surface area contributed by atoms with Crippen LogP contribution >= 0.6 is 0 Å². The average Bonchev–Trinajstić information content (AvgIpc) is 2.43. The van der Waals surface area contributed by atoms with Crippen LogP contribution in [-0.2, 0) is 13.0 Å². The van der Waals surface area contributed by atoms with Crippen molar-refractivity contribution in [3.63, 3.8) is 0 Å². The summed E-state index contributed by atoms with van der Waals surface area (Å²) >= 11 is 0. The lowest BCUT2D eigenvalue weighted by molar-refractivity contribution is 0.619. The molecule has 0 saturated carbocycles. The van der Waals surface area contributed by atoms with Crippen LogP contribution in [0.3, 0.4) is 0 Å². The van der Waals surface area contributed by atoms with Gasteiger partial charge in [-0.25, -0.2) is 0 Å². The van der Waals surface area contributed by atoms with Gasteiger partial charge in [-0.2, -0.15) is 0 Å². The summed E-state index contributed by atoms with van der Waals surface area (Å²) in [7, 11) is 0. The molecule has 1 aliphatic rings. The van der Waals surface area contributed by atoms with Crippen LogP contribution < -0.4 is 10.6 Å². The molecular weight excluding hydrogens is 220 g/mol. The third-order valence-corrected chi connectivity index (χ3v) is 3.88. The number of rotatable bonds is 6. The zero-order valence-electron chi connectivity index (χ0n) is 11.6. The number of benzene rings is 1. The van der Waals surface area contributed by atoms with E-state index in [1.807, 2.05) is 0 Å². The molecule has 2 heteroatoms. The Morgan fingerprint density at radius 2 is 2.11 bits per heavy atom. The standard InChI is InChI=1S/C16H26N2/c1-2-3-4-5-10-18-11-6-7-15-12-14(13-17)8-9-16(15)18/h8-9,12H,2-7,10-11,13,17H2,1H3. The fraction of sp³-hybridized carbons (Fsp3) is 0.625. The van der Waals surface area contributed by atoms with Crippen LogP contribution in [0.4, 0.5) is 5.69 Å². The molecule has 2 N–H and O–H groups in total. The molecular formula is C16H26N2. The number of anilines is 1. The number of unbranched alkanes of at least 4 members (excludes halogenated alkanes) is 3. The van der Waals surface area contributed by atoms with Gasteiger partial charge in [-0.1, -0.05) is 38.3 Å². The van der Waals surface area contributed by atoms with Gasteiger partial charge in [0.25, 0.3) is 0 Å². The molecule has 0 amide bonds. The van der Waals surface area contributed by atoms with Crippen molar-refractivity contribution in [2.45, 2.75) is 52.0 Å². The summed E-state index contributed by atoms with van der Waals surface area (Å²) in [5.74, 6) is 0. The second kappa shape index (κ2) is 6.79. The quantitative estimate of drug-likeness (QED) is 0.779. The Kier molecular flexibility index (Phi) is 5.06. The molecule has 0 spiro atoms. The van der Waals surface area contributed by atoms with Gasteiger partial charge in [-0.15, -0.1) is 0 Å². The zero-order chi connectivity index (χ0) is 12.8. The number of hydrogen-bond donors (Lipinski definition) is 1. The van der Waals surface area contributed by atoms with Crippen molar-refractivity contribution in [2.24, 2.45) is 5.73 Å². The van der Waals surface area contributed by atoms with Gasteiger partial charge in [0.15, 0.2) is 0 Å². The highest BCUT2D eigenvalue weighted by Gasteiger charge is 2.16.